The van der Waals surface area contributed by atoms with Gasteiger partial charge in [0, 0.05) is 44.2 Å². The first-order valence-corrected chi connectivity index (χ1v) is 9.41. The minimum atomic E-state index is -0.0508. The predicted octanol–water partition coefficient (Wildman–Crippen LogP) is 2.57. The van der Waals surface area contributed by atoms with E-state index in [1.54, 1.807) is 37.3 Å². The summed E-state index contributed by atoms with van der Waals surface area (Å²) >= 11 is 0. The average molecular weight is 360 g/mol. The van der Waals surface area contributed by atoms with Crippen molar-refractivity contribution < 1.29 is 19.1 Å². The van der Waals surface area contributed by atoms with Crippen molar-refractivity contribution in [2.24, 2.45) is 5.92 Å². The van der Waals surface area contributed by atoms with Gasteiger partial charge >= 0.3 is 0 Å². The number of benzene rings is 1. The van der Waals surface area contributed by atoms with Crippen molar-refractivity contribution in [3.05, 3.63) is 23.8 Å². The number of rotatable bonds is 5. The molecule has 2 amide bonds. The van der Waals surface area contributed by atoms with Crippen molar-refractivity contribution in [2.45, 2.75) is 32.1 Å². The van der Waals surface area contributed by atoms with Gasteiger partial charge in [0.1, 0.15) is 11.5 Å². The Kier molecular flexibility index (Phi) is 6.01. The van der Waals surface area contributed by atoms with E-state index in [0.717, 1.165) is 0 Å². The Morgan fingerprint density at radius 1 is 0.923 bits per heavy atom. The molecule has 1 aliphatic heterocycles. The van der Waals surface area contributed by atoms with Gasteiger partial charge in [-0.05, 0) is 30.9 Å². The number of methoxy groups -OCH3 is 2. The molecule has 3 rings (SSSR count). The first kappa shape index (κ1) is 18.5. The molecule has 0 atom stereocenters. The molecule has 1 aliphatic carbocycles. The highest BCUT2D eigenvalue weighted by molar-refractivity contribution is 5.95. The van der Waals surface area contributed by atoms with Gasteiger partial charge in [-0.2, -0.15) is 0 Å². The Labute approximate surface area is 155 Å². The van der Waals surface area contributed by atoms with Crippen LogP contribution in [0.3, 0.4) is 0 Å². The second-order valence-electron chi connectivity index (χ2n) is 7.13. The molecular weight excluding hydrogens is 332 g/mol. The summed E-state index contributed by atoms with van der Waals surface area (Å²) in [7, 11) is 3.13. The summed E-state index contributed by atoms with van der Waals surface area (Å²) in [4.78, 5) is 29.0. The van der Waals surface area contributed by atoms with Gasteiger partial charge in [0.15, 0.2) is 0 Å². The van der Waals surface area contributed by atoms with E-state index in [1.165, 1.54) is 25.7 Å². The lowest BCUT2D eigenvalue weighted by molar-refractivity contribution is -0.133. The molecule has 0 radical (unpaired) electrons. The van der Waals surface area contributed by atoms with Crippen LogP contribution in [0.2, 0.25) is 0 Å². The second kappa shape index (κ2) is 8.43. The molecule has 1 aromatic carbocycles. The number of nitrogens with zero attached hydrogens (tertiary/aromatic N) is 2. The quantitative estimate of drug-likeness (QED) is 0.810. The third-order valence-corrected chi connectivity index (χ3v) is 5.46. The summed E-state index contributed by atoms with van der Waals surface area (Å²) < 4.78 is 10.5. The van der Waals surface area contributed by atoms with Gasteiger partial charge in [-0.3, -0.25) is 9.59 Å². The van der Waals surface area contributed by atoms with E-state index in [1.807, 2.05) is 4.90 Å². The molecule has 2 fully saturated rings. The van der Waals surface area contributed by atoms with Crippen molar-refractivity contribution in [1.29, 1.82) is 0 Å². The van der Waals surface area contributed by atoms with Crippen molar-refractivity contribution in [1.82, 2.24) is 9.80 Å². The number of ether oxygens (including phenoxy) is 2. The molecule has 0 N–H and O–H groups in total. The van der Waals surface area contributed by atoms with Crippen LogP contribution in [0.1, 0.15) is 42.5 Å². The topological polar surface area (TPSA) is 59.1 Å². The third kappa shape index (κ3) is 4.29. The molecule has 0 bridgehead atoms. The van der Waals surface area contributed by atoms with Crippen LogP contribution in [0.4, 0.5) is 0 Å². The molecule has 1 aromatic rings. The molecule has 2 aliphatic rings. The van der Waals surface area contributed by atoms with E-state index in [2.05, 4.69) is 0 Å². The van der Waals surface area contributed by atoms with Crippen LogP contribution in [0, 0.1) is 5.92 Å². The molecule has 1 saturated carbocycles. The monoisotopic (exact) mass is 360 g/mol. The van der Waals surface area contributed by atoms with E-state index in [4.69, 9.17) is 9.47 Å². The normalized spacial score (nSPS) is 18.1. The standard InChI is InChI=1S/C20H28N2O4/c1-25-17-12-16(13-18(14-17)26-2)20(24)22-9-7-21(8-10-22)19(23)11-15-5-3-4-6-15/h12-15H,3-11H2,1-2H3. The molecule has 6 heteroatoms. The van der Waals surface area contributed by atoms with Crippen molar-refractivity contribution in [3.63, 3.8) is 0 Å². The van der Waals surface area contributed by atoms with Crippen LogP contribution in [-0.4, -0.2) is 62.0 Å². The summed E-state index contributed by atoms with van der Waals surface area (Å²) in [5.74, 6) is 1.94. The zero-order valence-corrected chi connectivity index (χ0v) is 15.7. The fourth-order valence-electron chi connectivity index (χ4n) is 3.86. The van der Waals surface area contributed by atoms with E-state index in [0.29, 0.717) is 55.6 Å². The Morgan fingerprint density at radius 3 is 2.00 bits per heavy atom. The van der Waals surface area contributed by atoms with Gasteiger partial charge in [-0.25, -0.2) is 0 Å². The van der Waals surface area contributed by atoms with Gasteiger partial charge in [-0.15, -0.1) is 0 Å². The van der Waals surface area contributed by atoms with Crippen molar-refractivity contribution in [2.75, 3.05) is 40.4 Å². The Morgan fingerprint density at radius 2 is 1.46 bits per heavy atom. The lowest BCUT2D eigenvalue weighted by Gasteiger charge is -2.35. The summed E-state index contributed by atoms with van der Waals surface area (Å²) in [6.45, 7) is 2.35. The highest BCUT2D eigenvalue weighted by Crippen LogP contribution is 2.28. The van der Waals surface area contributed by atoms with Crippen LogP contribution in [-0.2, 0) is 4.79 Å². The minimum Gasteiger partial charge on any atom is -0.497 e. The largest absolute Gasteiger partial charge is 0.497 e. The van der Waals surface area contributed by atoms with Crippen molar-refractivity contribution in [3.8, 4) is 11.5 Å². The van der Waals surface area contributed by atoms with Gasteiger partial charge in [0.05, 0.1) is 14.2 Å². The molecule has 0 spiro atoms. The van der Waals surface area contributed by atoms with Crippen LogP contribution < -0.4 is 9.47 Å². The second-order valence-corrected chi connectivity index (χ2v) is 7.13. The Hall–Kier alpha value is -2.24. The smallest absolute Gasteiger partial charge is 0.254 e. The zero-order valence-electron chi connectivity index (χ0n) is 15.7. The van der Waals surface area contributed by atoms with Gasteiger partial charge in [0.2, 0.25) is 5.91 Å². The number of piperazine rings is 1. The van der Waals surface area contributed by atoms with Gasteiger partial charge in [0.25, 0.3) is 5.91 Å². The molecular formula is C20H28N2O4. The Balaban J connectivity index is 1.57. The van der Waals surface area contributed by atoms with Crippen LogP contribution in [0.5, 0.6) is 11.5 Å². The van der Waals surface area contributed by atoms with Crippen LogP contribution in [0.25, 0.3) is 0 Å². The zero-order chi connectivity index (χ0) is 18.5. The molecule has 1 saturated heterocycles. The highest BCUT2D eigenvalue weighted by Gasteiger charge is 2.27. The lowest BCUT2D eigenvalue weighted by Crippen LogP contribution is -2.50. The average Bonchev–Trinajstić information content (AvgIpc) is 3.20. The van der Waals surface area contributed by atoms with E-state index < -0.39 is 0 Å². The van der Waals surface area contributed by atoms with E-state index >= 15 is 0 Å². The summed E-state index contributed by atoms with van der Waals surface area (Å²) in [6, 6.07) is 5.20. The maximum atomic E-state index is 12.8. The fraction of sp³-hybridized carbons (Fsp3) is 0.600. The Bertz CT molecular complexity index is 625. The van der Waals surface area contributed by atoms with Crippen LogP contribution in [0.15, 0.2) is 18.2 Å². The summed E-state index contributed by atoms with van der Waals surface area (Å²) in [5.41, 5.74) is 0.548. The predicted molar refractivity (Wildman–Crippen MR) is 98.6 cm³/mol. The maximum absolute atomic E-state index is 12.8. The number of amides is 2. The first-order chi connectivity index (χ1) is 12.6. The van der Waals surface area contributed by atoms with Crippen molar-refractivity contribution >= 4 is 11.8 Å². The molecule has 26 heavy (non-hydrogen) atoms. The number of hydrogen-bond donors (Lipinski definition) is 0. The van der Waals surface area contributed by atoms with Crippen LogP contribution >= 0.6 is 0 Å². The lowest BCUT2D eigenvalue weighted by atomic mass is 10.0. The molecule has 0 aromatic heterocycles. The molecule has 142 valence electrons. The molecule has 6 nitrogen and oxygen atoms in total. The maximum Gasteiger partial charge on any atom is 0.254 e. The van der Waals surface area contributed by atoms with Gasteiger partial charge < -0.3 is 19.3 Å². The number of hydrogen-bond acceptors (Lipinski definition) is 4. The van der Waals surface area contributed by atoms with E-state index in [-0.39, 0.29) is 11.8 Å². The number of carbonyl (C=O) groups is 2. The summed E-state index contributed by atoms with van der Waals surface area (Å²) in [6.07, 6.45) is 5.54. The molecule has 0 unspecified atom stereocenters. The van der Waals surface area contributed by atoms with Gasteiger partial charge in [-0.1, -0.05) is 12.8 Å². The minimum absolute atomic E-state index is 0.0508. The first-order valence-electron chi connectivity index (χ1n) is 9.41. The summed E-state index contributed by atoms with van der Waals surface area (Å²) in [5, 5.41) is 0. The number of carbonyl (C=O) groups excluding carboxylic acids is 2. The third-order valence-electron chi connectivity index (χ3n) is 5.46. The fourth-order valence-corrected chi connectivity index (χ4v) is 3.86. The van der Waals surface area contributed by atoms with E-state index in [9.17, 15) is 9.59 Å². The highest BCUT2D eigenvalue weighted by atomic mass is 16.5. The molecule has 1 heterocycles. The SMILES string of the molecule is COc1cc(OC)cc(C(=O)N2CCN(C(=O)CC3CCCC3)CC2)c1.